The molecule has 0 bridgehead atoms. The van der Waals surface area contributed by atoms with Gasteiger partial charge in [-0.1, -0.05) is 97.1 Å². The second-order valence-electron chi connectivity index (χ2n) is 10.4. The summed E-state index contributed by atoms with van der Waals surface area (Å²) < 4.78 is 0. The molecule has 2 amide bonds. The van der Waals surface area contributed by atoms with E-state index in [1.807, 2.05) is 55.5 Å². The first kappa shape index (κ1) is 28.2. The summed E-state index contributed by atoms with van der Waals surface area (Å²) in [5, 5.41) is 4.29. The van der Waals surface area contributed by atoms with Crippen molar-refractivity contribution in [2.75, 3.05) is 0 Å². The van der Waals surface area contributed by atoms with E-state index in [1.54, 1.807) is 17.0 Å². The Kier molecular flexibility index (Phi) is 9.87. The molecule has 1 N–H and O–H groups in total. The van der Waals surface area contributed by atoms with Gasteiger partial charge >= 0.3 is 0 Å². The molecule has 0 unspecified atom stereocenters. The van der Waals surface area contributed by atoms with Crippen molar-refractivity contribution < 1.29 is 9.59 Å². The second-order valence-corrected chi connectivity index (χ2v) is 11.2. The predicted octanol–water partition coefficient (Wildman–Crippen LogP) is 7.24. The number of amides is 2. The summed E-state index contributed by atoms with van der Waals surface area (Å²) in [6, 6.07) is 20.7. The van der Waals surface area contributed by atoms with Crippen molar-refractivity contribution in [3.63, 3.8) is 0 Å². The minimum atomic E-state index is -0.676. The zero-order valence-electron chi connectivity index (χ0n) is 22.2. The summed E-state index contributed by atoms with van der Waals surface area (Å²) in [6.45, 7) is 4.32. The van der Waals surface area contributed by atoms with Gasteiger partial charge < -0.3 is 10.2 Å². The Balaban J connectivity index is 1.68. The molecule has 1 aliphatic rings. The summed E-state index contributed by atoms with van der Waals surface area (Å²) in [4.78, 5) is 29.6. The Morgan fingerprint density at radius 2 is 1.63 bits per heavy atom. The zero-order chi connectivity index (χ0) is 27.1. The number of rotatable bonds is 9. The van der Waals surface area contributed by atoms with Gasteiger partial charge in [0.1, 0.15) is 6.04 Å². The van der Waals surface area contributed by atoms with Gasteiger partial charge in [0.15, 0.2) is 0 Å². The van der Waals surface area contributed by atoms with Crippen LogP contribution < -0.4 is 5.32 Å². The van der Waals surface area contributed by atoms with Gasteiger partial charge in [0, 0.05) is 29.1 Å². The number of aryl methyl sites for hydroxylation is 2. The lowest BCUT2D eigenvalue weighted by atomic mass is 9.94. The van der Waals surface area contributed by atoms with Gasteiger partial charge in [-0.15, -0.1) is 0 Å². The SMILES string of the molecule is Cc1ccc(CC(=O)N(Cc2ccc(Cl)cc2Cl)[C@H](Cc2ccccc2)C(=O)NC2CCCCC2)cc1C. The number of nitrogens with one attached hydrogen (secondary N) is 1. The van der Waals surface area contributed by atoms with Crippen molar-refractivity contribution in [1.82, 2.24) is 10.2 Å². The lowest BCUT2D eigenvalue weighted by Crippen LogP contribution is -2.53. The first-order valence-corrected chi connectivity index (χ1v) is 14.2. The van der Waals surface area contributed by atoms with E-state index in [0.717, 1.165) is 47.9 Å². The van der Waals surface area contributed by atoms with Gasteiger partial charge in [-0.25, -0.2) is 0 Å². The molecule has 1 atom stereocenters. The largest absolute Gasteiger partial charge is 0.352 e. The molecule has 0 aromatic heterocycles. The number of nitrogens with zero attached hydrogens (tertiary/aromatic N) is 1. The van der Waals surface area contributed by atoms with E-state index in [4.69, 9.17) is 23.2 Å². The summed E-state index contributed by atoms with van der Waals surface area (Å²) in [5.74, 6) is -0.224. The number of halogens is 2. The molecule has 6 heteroatoms. The van der Waals surface area contributed by atoms with E-state index in [-0.39, 0.29) is 30.8 Å². The predicted molar refractivity (Wildman–Crippen MR) is 156 cm³/mol. The highest BCUT2D eigenvalue weighted by Crippen LogP contribution is 2.25. The number of benzene rings is 3. The Morgan fingerprint density at radius 1 is 0.895 bits per heavy atom. The molecule has 1 saturated carbocycles. The number of hydrogen-bond donors (Lipinski definition) is 1. The molecule has 0 heterocycles. The molecule has 3 aromatic rings. The monoisotopic (exact) mass is 550 g/mol. The van der Waals surface area contributed by atoms with Crippen LogP contribution in [0.5, 0.6) is 0 Å². The first-order chi connectivity index (χ1) is 18.3. The molecule has 4 rings (SSSR count). The highest BCUT2D eigenvalue weighted by Gasteiger charge is 2.32. The van der Waals surface area contributed by atoms with E-state index in [9.17, 15) is 9.59 Å². The van der Waals surface area contributed by atoms with Crippen LogP contribution in [0.2, 0.25) is 10.0 Å². The highest BCUT2D eigenvalue weighted by molar-refractivity contribution is 6.35. The second kappa shape index (κ2) is 13.3. The third-order valence-corrected chi connectivity index (χ3v) is 8.09. The van der Waals surface area contributed by atoms with Crippen LogP contribution >= 0.6 is 23.2 Å². The minimum Gasteiger partial charge on any atom is -0.352 e. The number of carbonyl (C=O) groups is 2. The highest BCUT2D eigenvalue weighted by atomic mass is 35.5. The smallest absolute Gasteiger partial charge is 0.243 e. The Morgan fingerprint density at radius 3 is 2.32 bits per heavy atom. The standard InChI is InChI=1S/C32H36Cl2N2O2/c1-22-13-14-25(17-23(22)2)19-31(37)36(21-26-15-16-27(33)20-29(26)34)30(18-24-9-5-3-6-10-24)32(38)35-28-11-7-4-8-12-28/h3,5-6,9-10,13-17,20,28,30H,4,7-8,11-12,18-19,21H2,1-2H3,(H,35,38)/t30-/m1/s1. The Bertz CT molecular complexity index is 1260. The van der Waals surface area contributed by atoms with Crippen molar-refractivity contribution in [2.45, 2.75) is 77.4 Å². The van der Waals surface area contributed by atoms with Crippen LogP contribution in [0.1, 0.15) is 59.9 Å². The molecule has 200 valence electrons. The molecule has 1 fully saturated rings. The van der Waals surface area contributed by atoms with Crippen LogP contribution in [-0.2, 0) is 29.0 Å². The zero-order valence-corrected chi connectivity index (χ0v) is 23.7. The minimum absolute atomic E-state index is 0.112. The number of hydrogen-bond acceptors (Lipinski definition) is 2. The van der Waals surface area contributed by atoms with Gasteiger partial charge in [-0.3, -0.25) is 9.59 Å². The van der Waals surface area contributed by atoms with Gasteiger partial charge in [0.05, 0.1) is 6.42 Å². The fraction of sp³-hybridized carbons (Fsp3) is 0.375. The lowest BCUT2D eigenvalue weighted by Gasteiger charge is -2.34. The Hall–Kier alpha value is -2.82. The first-order valence-electron chi connectivity index (χ1n) is 13.4. The van der Waals surface area contributed by atoms with Crippen LogP contribution in [-0.4, -0.2) is 28.8 Å². The molecular weight excluding hydrogens is 515 g/mol. The van der Waals surface area contributed by atoms with Crippen LogP contribution in [0.15, 0.2) is 66.7 Å². The maximum Gasteiger partial charge on any atom is 0.243 e. The quantitative estimate of drug-likeness (QED) is 0.305. The van der Waals surface area contributed by atoms with Gasteiger partial charge in [0.25, 0.3) is 0 Å². The van der Waals surface area contributed by atoms with E-state index in [2.05, 4.69) is 18.3 Å². The average Bonchev–Trinajstić information content (AvgIpc) is 2.90. The lowest BCUT2D eigenvalue weighted by molar-refractivity contribution is -0.141. The maximum absolute atomic E-state index is 14.0. The molecule has 0 saturated heterocycles. The summed E-state index contributed by atoms with van der Waals surface area (Å²) in [6.07, 6.45) is 6.01. The van der Waals surface area contributed by atoms with Crippen molar-refractivity contribution in [3.05, 3.63) is 105 Å². The average molecular weight is 552 g/mol. The van der Waals surface area contributed by atoms with E-state index in [0.29, 0.717) is 16.5 Å². The van der Waals surface area contributed by atoms with E-state index >= 15 is 0 Å². The summed E-state index contributed by atoms with van der Waals surface area (Å²) in [5.41, 5.74) is 5.00. The molecule has 0 spiro atoms. The third kappa shape index (κ3) is 7.61. The summed E-state index contributed by atoms with van der Waals surface area (Å²) >= 11 is 12.7. The third-order valence-electron chi connectivity index (χ3n) is 7.51. The fourth-order valence-corrected chi connectivity index (χ4v) is 5.59. The molecule has 0 radical (unpaired) electrons. The summed E-state index contributed by atoms with van der Waals surface area (Å²) in [7, 11) is 0. The van der Waals surface area contributed by atoms with Gasteiger partial charge in [0.2, 0.25) is 11.8 Å². The molecule has 0 aliphatic heterocycles. The topological polar surface area (TPSA) is 49.4 Å². The van der Waals surface area contributed by atoms with Crippen LogP contribution in [0, 0.1) is 13.8 Å². The maximum atomic E-state index is 14.0. The van der Waals surface area contributed by atoms with E-state index < -0.39 is 6.04 Å². The van der Waals surface area contributed by atoms with Crippen molar-refractivity contribution >= 4 is 35.0 Å². The molecule has 4 nitrogen and oxygen atoms in total. The van der Waals surface area contributed by atoms with Crippen molar-refractivity contribution in [1.29, 1.82) is 0 Å². The molecule has 3 aromatic carbocycles. The van der Waals surface area contributed by atoms with Crippen molar-refractivity contribution in [2.24, 2.45) is 0 Å². The Labute approximate surface area is 236 Å². The van der Waals surface area contributed by atoms with Gasteiger partial charge in [-0.2, -0.15) is 0 Å². The van der Waals surface area contributed by atoms with Crippen LogP contribution in [0.4, 0.5) is 0 Å². The van der Waals surface area contributed by atoms with Crippen LogP contribution in [0.3, 0.4) is 0 Å². The van der Waals surface area contributed by atoms with Crippen molar-refractivity contribution in [3.8, 4) is 0 Å². The van der Waals surface area contributed by atoms with Crippen LogP contribution in [0.25, 0.3) is 0 Å². The molecule has 1 aliphatic carbocycles. The van der Waals surface area contributed by atoms with E-state index in [1.165, 1.54) is 12.0 Å². The fourth-order valence-electron chi connectivity index (χ4n) is 5.12. The molecular formula is C32H36Cl2N2O2. The molecule has 38 heavy (non-hydrogen) atoms. The van der Waals surface area contributed by atoms with Gasteiger partial charge in [-0.05, 0) is 66.6 Å². The number of carbonyl (C=O) groups excluding carboxylic acids is 2. The normalized spacial score (nSPS) is 14.6.